The molecule has 0 aromatic heterocycles. The molecule has 25 heavy (non-hydrogen) atoms. The quantitative estimate of drug-likeness (QED) is 0.840. The van der Waals surface area contributed by atoms with E-state index in [1.807, 2.05) is 45.0 Å². The minimum absolute atomic E-state index is 0.0280. The molecule has 2 N–H and O–H groups in total. The van der Waals surface area contributed by atoms with Gasteiger partial charge in [0.15, 0.2) is 0 Å². The van der Waals surface area contributed by atoms with Crippen molar-refractivity contribution in [2.45, 2.75) is 32.9 Å². The van der Waals surface area contributed by atoms with Crippen molar-refractivity contribution in [1.82, 2.24) is 20.4 Å². The third-order valence-electron chi connectivity index (χ3n) is 4.19. The van der Waals surface area contributed by atoms with E-state index in [1.54, 1.807) is 4.90 Å². The van der Waals surface area contributed by atoms with Crippen molar-refractivity contribution in [3.05, 3.63) is 34.9 Å². The maximum atomic E-state index is 12.4. The molecule has 1 heterocycles. The molecule has 1 saturated heterocycles. The number of nitrogens with zero attached hydrogens (tertiary/aromatic N) is 2. The Morgan fingerprint density at radius 2 is 1.72 bits per heavy atom. The number of carbonyl (C=O) groups is 2. The Morgan fingerprint density at radius 3 is 2.32 bits per heavy atom. The monoisotopic (exact) mass is 366 g/mol. The number of hydrogen-bond donors (Lipinski definition) is 2. The summed E-state index contributed by atoms with van der Waals surface area (Å²) in [5.74, 6) is 0.0280. The van der Waals surface area contributed by atoms with Crippen LogP contribution in [0.15, 0.2) is 24.3 Å². The van der Waals surface area contributed by atoms with Gasteiger partial charge in [-0.25, -0.2) is 4.79 Å². The highest BCUT2D eigenvalue weighted by molar-refractivity contribution is 6.31. The summed E-state index contributed by atoms with van der Waals surface area (Å²) in [6.45, 7) is 8.79. The van der Waals surface area contributed by atoms with Crippen LogP contribution in [-0.2, 0) is 4.79 Å². The molecule has 1 aromatic carbocycles. The van der Waals surface area contributed by atoms with E-state index in [1.165, 1.54) is 0 Å². The largest absolute Gasteiger partial charge is 0.353 e. The topological polar surface area (TPSA) is 64.7 Å². The first-order valence-corrected chi connectivity index (χ1v) is 9.06. The first kappa shape index (κ1) is 19.5. The summed E-state index contributed by atoms with van der Waals surface area (Å²) in [7, 11) is 0. The summed E-state index contributed by atoms with van der Waals surface area (Å²) >= 11 is 6.18. The molecule has 1 aliphatic rings. The van der Waals surface area contributed by atoms with Crippen LogP contribution in [-0.4, -0.2) is 60.5 Å². The molecule has 0 saturated carbocycles. The van der Waals surface area contributed by atoms with E-state index in [2.05, 4.69) is 15.5 Å². The van der Waals surface area contributed by atoms with Crippen LogP contribution in [0.5, 0.6) is 0 Å². The van der Waals surface area contributed by atoms with Crippen molar-refractivity contribution in [3.8, 4) is 0 Å². The molecule has 1 unspecified atom stereocenters. The number of halogens is 1. The number of nitrogens with one attached hydrogen (secondary N) is 2. The minimum atomic E-state index is -0.156. The van der Waals surface area contributed by atoms with Gasteiger partial charge in [0.1, 0.15) is 0 Å². The van der Waals surface area contributed by atoms with Crippen LogP contribution in [0.3, 0.4) is 0 Å². The second-order valence-electron chi connectivity index (χ2n) is 6.68. The zero-order valence-electron chi connectivity index (χ0n) is 15.1. The van der Waals surface area contributed by atoms with Crippen LogP contribution in [0, 0.1) is 0 Å². The molecule has 1 atom stereocenters. The molecule has 1 fully saturated rings. The zero-order valence-corrected chi connectivity index (χ0v) is 15.8. The molecular weight excluding hydrogens is 340 g/mol. The summed E-state index contributed by atoms with van der Waals surface area (Å²) in [6, 6.07) is 7.40. The Bertz CT molecular complexity index is 600. The fourth-order valence-corrected chi connectivity index (χ4v) is 3.16. The molecule has 138 valence electrons. The molecular formula is C18H27ClN4O2. The lowest BCUT2D eigenvalue weighted by molar-refractivity contribution is -0.123. The second-order valence-corrected chi connectivity index (χ2v) is 7.09. The van der Waals surface area contributed by atoms with Gasteiger partial charge in [0.2, 0.25) is 5.91 Å². The molecule has 2 rings (SSSR count). The summed E-state index contributed by atoms with van der Waals surface area (Å²) in [5.41, 5.74) is 0.904. The SMILES string of the molecule is CC(C)NC(=O)CN1CCN(C(=O)NC(C)c2ccccc2Cl)CC1. The van der Waals surface area contributed by atoms with Gasteiger partial charge in [-0.2, -0.15) is 0 Å². The second kappa shape index (κ2) is 9.06. The Balaban J connectivity index is 1.79. The Hall–Kier alpha value is -1.79. The number of carbonyl (C=O) groups excluding carboxylic acids is 2. The Morgan fingerprint density at radius 1 is 1.08 bits per heavy atom. The van der Waals surface area contributed by atoms with Crippen molar-refractivity contribution in [1.29, 1.82) is 0 Å². The molecule has 7 heteroatoms. The van der Waals surface area contributed by atoms with Crippen molar-refractivity contribution in [2.24, 2.45) is 0 Å². The number of rotatable bonds is 5. The first-order valence-electron chi connectivity index (χ1n) is 8.68. The van der Waals surface area contributed by atoms with Gasteiger partial charge in [-0.15, -0.1) is 0 Å². The van der Waals surface area contributed by atoms with Gasteiger partial charge in [-0.1, -0.05) is 29.8 Å². The lowest BCUT2D eigenvalue weighted by atomic mass is 10.1. The number of amides is 3. The normalized spacial score (nSPS) is 16.6. The summed E-state index contributed by atoms with van der Waals surface area (Å²) < 4.78 is 0. The van der Waals surface area contributed by atoms with Gasteiger partial charge in [-0.05, 0) is 32.4 Å². The number of benzene rings is 1. The van der Waals surface area contributed by atoms with E-state index in [0.717, 1.165) is 5.56 Å². The van der Waals surface area contributed by atoms with Gasteiger partial charge < -0.3 is 15.5 Å². The highest BCUT2D eigenvalue weighted by Gasteiger charge is 2.24. The summed E-state index contributed by atoms with van der Waals surface area (Å²) in [5, 5.41) is 6.53. The van der Waals surface area contributed by atoms with Crippen LogP contribution in [0.4, 0.5) is 4.79 Å². The Kier molecular flexibility index (Phi) is 7.08. The van der Waals surface area contributed by atoms with E-state index < -0.39 is 0 Å². The average molecular weight is 367 g/mol. The van der Waals surface area contributed by atoms with Gasteiger partial charge in [0.25, 0.3) is 0 Å². The predicted octanol–water partition coefficient (Wildman–Crippen LogP) is 2.25. The maximum absolute atomic E-state index is 12.4. The number of urea groups is 1. The van der Waals surface area contributed by atoms with Crippen molar-refractivity contribution >= 4 is 23.5 Å². The first-order chi connectivity index (χ1) is 11.9. The van der Waals surface area contributed by atoms with Crippen molar-refractivity contribution in [2.75, 3.05) is 32.7 Å². The molecule has 0 spiro atoms. The molecule has 6 nitrogen and oxygen atoms in total. The third-order valence-corrected chi connectivity index (χ3v) is 4.53. The van der Waals surface area contributed by atoms with Crippen LogP contribution < -0.4 is 10.6 Å². The highest BCUT2D eigenvalue weighted by atomic mass is 35.5. The van der Waals surface area contributed by atoms with E-state index in [-0.39, 0.29) is 24.0 Å². The number of hydrogen-bond acceptors (Lipinski definition) is 3. The van der Waals surface area contributed by atoms with Crippen LogP contribution >= 0.6 is 11.6 Å². The molecule has 1 aromatic rings. The van der Waals surface area contributed by atoms with E-state index in [0.29, 0.717) is 37.7 Å². The standard InChI is InChI=1S/C18H27ClN4O2/c1-13(2)20-17(24)12-22-8-10-23(11-9-22)18(25)21-14(3)15-6-4-5-7-16(15)19/h4-7,13-14H,8-12H2,1-3H3,(H,20,24)(H,21,25). The highest BCUT2D eigenvalue weighted by Crippen LogP contribution is 2.22. The van der Waals surface area contributed by atoms with Crippen LogP contribution in [0.1, 0.15) is 32.4 Å². The summed E-state index contributed by atoms with van der Waals surface area (Å²) in [4.78, 5) is 28.1. The van der Waals surface area contributed by atoms with E-state index >= 15 is 0 Å². The maximum Gasteiger partial charge on any atom is 0.317 e. The van der Waals surface area contributed by atoms with Gasteiger partial charge >= 0.3 is 6.03 Å². The van der Waals surface area contributed by atoms with Crippen LogP contribution in [0.2, 0.25) is 5.02 Å². The zero-order chi connectivity index (χ0) is 18.4. The van der Waals surface area contributed by atoms with Gasteiger partial charge in [0, 0.05) is 37.2 Å². The van der Waals surface area contributed by atoms with E-state index in [9.17, 15) is 9.59 Å². The molecule has 0 aliphatic carbocycles. The molecule has 0 radical (unpaired) electrons. The minimum Gasteiger partial charge on any atom is -0.353 e. The lowest BCUT2D eigenvalue weighted by Crippen LogP contribution is -2.54. The fraction of sp³-hybridized carbons (Fsp3) is 0.556. The average Bonchev–Trinajstić information content (AvgIpc) is 2.54. The predicted molar refractivity (Wildman–Crippen MR) is 99.7 cm³/mol. The van der Waals surface area contributed by atoms with Crippen LogP contribution in [0.25, 0.3) is 0 Å². The molecule has 0 bridgehead atoms. The van der Waals surface area contributed by atoms with Gasteiger partial charge in [0.05, 0.1) is 12.6 Å². The van der Waals surface area contributed by atoms with E-state index in [4.69, 9.17) is 11.6 Å². The fourth-order valence-electron chi connectivity index (χ4n) is 2.86. The van der Waals surface area contributed by atoms with Crippen molar-refractivity contribution < 1.29 is 9.59 Å². The van der Waals surface area contributed by atoms with Crippen molar-refractivity contribution in [3.63, 3.8) is 0 Å². The lowest BCUT2D eigenvalue weighted by Gasteiger charge is -2.35. The summed E-state index contributed by atoms with van der Waals surface area (Å²) in [6.07, 6.45) is 0. The third kappa shape index (κ3) is 5.90. The molecule has 1 aliphatic heterocycles. The smallest absolute Gasteiger partial charge is 0.317 e. The van der Waals surface area contributed by atoms with Gasteiger partial charge in [-0.3, -0.25) is 9.69 Å². The number of piperazine rings is 1. The molecule has 3 amide bonds. The Labute approximate surface area is 154 Å².